The summed E-state index contributed by atoms with van der Waals surface area (Å²) in [7, 11) is 1.66. The molecule has 0 spiro atoms. The molecule has 2 aliphatic rings. The minimum Gasteiger partial charge on any atom is -0.378 e. The van der Waals surface area contributed by atoms with Gasteiger partial charge in [-0.1, -0.05) is 11.6 Å². The molecule has 0 aromatic carbocycles. The number of aromatic nitrogens is 3. The molecule has 5 rings (SSSR count). The summed E-state index contributed by atoms with van der Waals surface area (Å²) < 4.78 is 6.80. The molecule has 0 aliphatic carbocycles. The number of hydrogen-bond acceptors (Lipinski definition) is 8. The Morgan fingerprint density at radius 2 is 2.03 bits per heavy atom. The lowest BCUT2D eigenvalue weighted by Crippen LogP contribution is -2.59. The lowest BCUT2D eigenvalue weighted by atomic mass is 10.0. The van der Waals surface area contributed by atoms with Gasteiger partial charge in [0.2, 0.25) is 0 Å². The first-order chi connectivity index (χ1) is 16.9. The number of nitrogens with zero attached hydrogens (tertiary/aromatic N) is 5. The van der Waals surface area contributed by atoms with E-state index in [0.717, 1.165) is 38.5 Å². The van der Waals surface area contributed by atoms with Gasteiger partial charge in [-0.3, -0.25) is 14.5 Å². The highest BCUT2D eigenvalue weighted by Crippen LogP contribution is 2.28. The first-order valence-corrected chi connectivity index (χ1v) is 11.9. The SMILES string of the molecule is CC1CN(C2COC2)CCN1c1ccc(Nc2cc(-c3ccnc(Cl)c3C=O)cn(C)c2=O)nc1. The van der Waals surface area contributed by atoms with Crippen LogP contribution in [0, 0.1) is 0 Å². The number of anilines is 3. The molecule has 182 valence electrons. The van der Waals surface area contributed by atoms with Crippen molar-refractivity contribution in [1.29, 1.82) is 0 Å². The Labute approximate surface area is 208 Å². The fourth-order valence-corrected chi connectivity index (χ4v) is 4.87. The molecule has 2 saturated heterocycles. The number of carbonyl (C=O) groups excluding carboxylic acids is 1. The smallest absolute Gasteiger partial charge is 0.274 e. The molecule has 5 heterocycles. The third-order valence-corrected chi connectivity index (χ3v) is 6.99. The summed E-state index contributed by atoms with van der Waals surface area (Å²) >= 11 is 6.09. The predicted molar refractivity (Wildman–Crippen MR) is 136 cm³/mol. The van der Waals surface area contributed by atoms with Crippen LogP contribution in [0.4, 0.5) is 17.2 Å². The Hall–Kier alpha value is -3.27. The van der Waals surface area contributed by atoms with Crippen molar-refractivity contribution in [3.63, 3.8) is 0 Å². The van der Waals surface area contributed by atoms with E-state index in [2.05, 4.69) is 32.0 Å². The maximum atomic E-state index is 12.8. The molecule has 2 fully saturated rings. The number of carbonyl (C=O) groups is 1. The third-order valence-electron chi connectivity index (χ3n) is 6.69. The van der Waals surface area contributed by atoms with Gasteiger partial charge < -0.3 is 19.5 Å². The maximum Gasteiger partial charge on any atom is 0.274 e. The van der Waals surface area contributed by atoms with Gasteiger partial charge in [-0.25, -0.2) is 9.97 Å². The summed E-state index contributed by atoms with van der Waals surface area (Å²) in [4.78, 5) is 37.8. The molecule has 0 amide bonds. The van der Waals surface area contributed by atoms with Gasteiger partial charge in [0.05, 0.1) is 36.7 Å². The molecular weight excluding hydrogens is 468 g/mol. The largest absolute Gasteiger partial charge is 0.378 e. The molecule has 2 aliphatic heterocycles. The fraction of sp³-hybridized carbons (Fsp3) is 0.360. The van der Waals surface area contributed by atoms with E-state index in [1.165, 1.54) is 10.8 Å². The number of nitrogens with one attached hydrogen (secondary N) is 1. The van der Waals surface area contributed by atoms with Crippen LogP contribution in [0.15, 0.2) is 47.7 Å². The van der Waals surface area contributed by atoms with Crippen LogP contribution in [0.1, 0.15) is 17.3 Å². The number of rotatable bonds is 6. The van der Waals surface area contributed by atoms with Crippen LogP contribution in [-0.2, 0) is 11.8 Å². The highest BCUT2D eigenvalue weighted by atomic mass is 35.5. The van der Waals surface area contributed by atoms with E-state index in [-0.39, 0.29) is 16.3 Å². The molecule has 3 aromatic rings. The van der Waals surface area contributed by atoms with Crippen molar-refractivity contribution in [2.24, 2.45) is 7.05 Å². The van der Waals surface area contributed by atoms with E-state index in [1.807, 2.05) is 18.3 Å². The topological polar surface area (TPSA) is 92.6 Å². The minimum absolute atomic E-state index is 0.120. The van der Waals surface area contributed by atoms with Gasteiger partial charge >= 0.3 is 0 Å². The number of aryl methyl sites for hydroxylation is 1. The van der Waals surface area contributed by atoms with Crippen molar-refractivity contribution < 1.29 is 9.53 Å². The molecule has 10 heteroatoms. The normalized spacial score (nSPS) is 18.8. The van der Waals surface area contributed by atoms with Crippen molar-refractivity contribution in [3.8, 4) is 11.1 Å². The van der Waals surface area contributed by atoms with Crippen molar-refractivity contribution in [1.82, 2.24) is 19.4 Å². The second-order valence-corrected chi connectivity index (χ2v) is 9.35. The third kappa shape index (κ3) is 4.67. The average Bonchev–Trinajstić information content (AvgIpc) is 2.81. The Balaban J connectivity index is 1.35. The molecule has 9 nitrogen and oxygen atoms in total. The Kier molecular flexibility index (Phi) is 6.55. The van der Waals surface area contributed by atoms with Crippen LogP contribution in [0.2, 0.25) is 5.15 Å². The summed E-state index contributed by atoms with van der Waals surface area (Å²) in [6.07, 6.45) is 5.70. The zero-order valence-electron chi connectivity index (χ0n) is 19.6. The van der Waals surface area contributed by atoms with E-state index in [1.54, 1.807) is 25.4 Å². The highest BCUT2D eigenvalue weighted by Gasteiger charge is 2.32. The van der Waals surface area contributed by atoms with E-state index < -0.39 is 0 Å². The molecule has 3 aromatic heterocycles. The fourth-order valence-electron chi connectivity index (χ4n) is 4.66. The monoisotopic (exact) mass is 494 g/mol. The van der Waals surface area contributed by atoms with Gasteiger partial charge in [0, 0.05) is 50.7 Å². The Morgan fingerprint density at radius 1 is 1.20 bits per heavy atom. The maximum absolute atomic E-state index is 12.8. The van der Waals surface area contributed by atoms with Crippen molar-refractivity contribution in [3.05, 3.63) is 63.9 Å². The lowest BCUT2D eigenvalue weighted by molar-refractivity contribution is -0.0691. The first kappa shape index (κ1) is 23.5. The van der Waals surface area contributed by atoms with Crippen molar-refractivity contribution in [2.45, 2.75) is 19.0 Å². The number of hydrogen-bond donors (Lipinski definition) is 1. The zero-order chi connectivity index (χ0) is 24.5. The number of halogens is 1. The van der Waals surface area contributed by atoms with Gasteiger partial charge in [-0.05, 0) is 36.8 Å². The van der Waals surface area contributed by atoms with E-state index in [4.69, 9.17) is 16.3 Å². The molecule has 0 bridgehead atoms. The highest BCUT2D eigenvalue weighted by molar-refractivity contribution is 6.32. The van der Waals surface area contributed by atoms with Crippen LogP contribution in [-0.4, -0.2) is 70.7 Å². The van der Waals surface area contributed by atoms with Crippen LogP contribution in [0.25, 0.3) is 11.1 Å². The van der Waals surface area contributed by atoms with Crippen molar-refractivity contribution in [2.75, 3.05) is 43.1 Å². The molecular formula is C25H27ClN6O3. The molecule has 1 unspecified atom stereocenters. The molecule has 1 atom stereocenters. The summed E-state index contributed by atoms with van der Waals surface area (Å²) in [5.41, 5.74) is 2.73. The summed E-state index contributed by atoms with van der Waals surface area (Å²) in [6, 6.07) is 8.21. The second kappa shape index (κ2) is 9.77. The molecule has 0 saturated carbocycles. The molecule has 1 N–H and O–H groups in total. The summed E-state index contributed by atoms with van der Waals surface area (Å²) in [6.45, 7) is 6.83. The van der Waals surface area contributed by atoms with E-state index in [0.29, 0.717) is 41.0 Å². The van der Waals surface area contributed by atoms with Gasteiger partial charge in [-0.2, -0.15) is 0 Å². The Bertz CT molecular complexity index is 1290. The molecule has 0 radical (unpaired) electrons. The summed E-state index contributed by atoms with van der Waals surface area (Å²) in [5, 5.41) is 3.25. The lowest BCUT2D eigenvalue weighted by Gasteiger charge is -2.46. The average molecular weight is 495 g/mol. The summed E-state index contributed by atoms with van der Waals surface area (Å²) in [5.74, 6) is 0.560. The van der Waals surface area contributed by atoms with Gasteiger partial charge in [0.15, 0.2) is 6.29 Å². The van der Waals surface area contributed by atoms with E-state index in [9.17, 15) is 9.59 Å². The standard InChI is InChI=1S/C25H27ClN6O3/c1-16-11-31(19-14-35-15-19)7-8-32(16)18-3-4-23(28-10-18)29-22-9-17(12-30(2)25(22)34)20-5-6-27-24(26)21(20)13-33/h3-6,9-10,12-13,16,19H,7-8,11,14-15H2,1-2H3,(H,28,29). The van der Waals surface area contributed by atoms with Crippen LogP contribution in [0.5, 0.6) is 0 Å². The number of ether oxygens (including phenoxy) is 1. The van der Waals surface area contributed by atoms with Gasteiger partial charge in [0.1, 0.15) is 16.7 Å². The van der Waals surface area contributed by atoms with E-state index >= 15 is 0 Å². The second-order valence-electron chi connectivity index (χ2n) is 8.99. The van der Waals surface area contributed by atoms with Crippen LogP contribution < -0.4 is 15.8 Å². The van der Waals surface area contributed by atoms with Gasteiger partial charge in [0.25, 0.3) is 5.56 Å². The Morgan fingerprint density at radius 3 is 2.69 bits per heavy atom. The van der Waals surface area contributed by atoms with Crippen molar-refractivity contribution >= 4 is 35.1 Å². The predicted octanol–water partition coefficient (Wildman–Crippen LogP) is 2.96. The number of aldehydes is 1. The number of piperazine rings is 1. The van der Waals surface area contributed by atoms with Crippen LogP contribution >= 0.6 is 11.6 Å². The van der Waals surface area contributed by atoms with Gasteiger partial charge in [-0.15, -0.1) is 0 Å². The first-order valence-electron chi connectivity index (χ1n) is 11.6. The molecule has 35 heavy (non-hydrogen) atoms. The number of pyridine rings is 3. The quantitative estimate of drug-likeness (QED) is 0.413. The zero-order valence-corrected chi connectivity index (χ0v) is 20.4. The minimum atomic E-state index is -0.211. The van der Waals surface area contributed by atoms with Crippen LogP contribution in [0.3, 0.4) is 0 Å².